The summed E-state index contributed by atoms with van der Waals surface area (Å²) < 4.78 is 9.80. The number of aryl methyl sites for hydroxylation is 2. The van der Waals surface area contributed by atoms with Gasteiger partial charge < -0.3 is 9.30 Å². The minimum atomic E-state index is 0.903. The van der Waals surface area contributed by atoms with Gasteiger partial charge in [0.05, 0.1) is 12.6 Å². The molecule has 0 radical (unpaired) electrons. The molecule has 0 saturated heterocycles. The van der Waals surface area contributed by atoms with Crippen LogP contribution in [0.2, 0.25) is 0 Å². The maximum absolute atomic E-state index is 5.32. The highest BCUT2D eigenvalue weighted by atomic mass is 16.5. The third-order valence-corrected chi connectivity index (χ3v) is 3.70. The summed E-state index contributed by atoms with van der Waals surface area (Å²) in [5.41, 5.74) is 2.47. The molecule has 3 aromatic rings. The van der Waals surface area contributed by atoms with E-state index in [1.807, 2.05) is 6.07 Å². The summed E-state index contributed by atoms with van der Waals surface area (Å²) >= 11 is 0. The number of pyridine rings is 1. The Morgan fingerprint density at radius 1 is 1.16 bits per heavy atom. The smallest absolute Gasteiger partial charge is 0.193 e. The van der Waals surface area contributed by atoms with E-state index in [0.717, 1.165) is 18.7 Å². The number of hydrogen-bond donors (Lipinski definition) is 0. The summed E-state index contributed by atoms with van der Waals surface area (Å²) in [6, 6.07) is 8.47. The van der Waals surface area contributed by atoms with Crippen LogP contribution in [0.15, 0.2) is 36.7 Å². The Morgan fingerprint density at radius 3 is 2.68 bits per heavy atom. The highest BCUT2D eigenvalue weighted by molar-refractivity contribution is 6.07. The molecule has 19 heavy (non-hydrogen) atoms. The average Bonchev–Trinajstić information content (AvgIpc) is 2.72. The molecule has 0 aliphatic heterocycles. The fraction of sp³-hybridized carbons (Fsp3) is 0.312. The van der Waals surface area contributed by atoms with E-state index in [9.17, 15) is 0 Å². The molecular weight excluding hydrogens is 236 g/mol. The van der Waals surface area contributed by atoms with Gasteiger partial charge in [-0.05, 0) is 12.1 Å². The van der Waals surface area contributed by atoms with Crippen LogP contribution < -0.4 is 9.30 Å². The van der Waals surface area contributed by atoms with Gasteiger partial charge in [-0.15, -0.1) is 0 Å². The molecule has 0 aliphatic rings. The van der Waals surface area contributed by atoms with Crippen LogP contribution >= 0.6 is 0 Å². The molecule has 98 valence electrons. The summed E-state index contributed by atoms with van der Waals surface area (Å²) in [5.74, 6) is 0.903. The first kappa shape index (κ1) is 12.0. The first-order valence-corrected chi connectivity index (χ1v) is 6.70. The average molecular weight is 255 g/mol. The fourth-order valence-corrected chi connectivity index (χ4v) is 2.69. The Labute approximate surface area is 113 Å². The van der Waals surface area contributed by atoms with Gasteiger partial charge in [-0.3, -0.25) is 0 Å². The van der Waals surface area contributed by atoms with E-state index in [1.54, 1.807) is 7.11 Å². The summed E-state index contributed by atoms with van der Waals surface area (Å²) in [6.45, 7) is 3.25. The highest BCUT2D eigenvalue weighted by Crippen LogP contribution is 2.29. The number of fused-ring (bicyclic) bond motifs is 3. The van der Waals surface area contributed by atoms with Gasteiger partial charge in [-0.2, -0.15) is 0 Å². The predicted molar refractivity (Wildman–Crippen MR) is 77.5 cm³/mol. The third-order valence-electron chi connectivity index (χ3n) is 3.70. The van der Waals surface area contributed by atoms with E-state index in [4.69, 9.17) is 4.74 Å². The van der Waals surface area contributed by atoms with Crippen molar-refractivity contribution < 1.29 is 9.30 Å². The van der Waals surface area contributed by atoms with Gasteiger partial charge in [0.15, 0.2) is 12.4 Å². The molecule has 3 rings (SSSR count). The number of nitrogens with zero attached hydrogens (tertiary/aromatic N) is 2. The molecule has 0 unspecified atom stereocenters. The minimum absolute atomic E-state index is 0.903. The van der Waals surface area contributed by atoms with Crippen molar-refractivity contribution >= 4 is 21.8 Å². The van der Waals surface area contributed by atoms with Gasteiger partial charge >= 0.3 is 0 Å². The second-order valence-electron chi connectivity index (χ2n) is 4.92. The van der Waals surface area contributed by atoms with Gasteiger partial charge in [0, 0.05) is 36.4 Å². The Kier molecular flexibility index (Phi) is 2.90. The van der Waals surface area contributed by atoms with Crippen molar-refractivity contribution in [2.45, 2.75) is 19.9 Å². The molecule has 0 bridgehead atoms. The molecule has 0 fully saturated rings. The largest absolute Gasteiger partial charge is 0.497 e. The number of rotatable bonds is 3. The monoisotopic (exact) mass is 255 g/mol. The molecule has 0 aliphatic carbocycles. The van der Waals surface area contributed by atoms with Crippen LogP contribution in [-0.2, 0) is 13.6 Å². The van der Waals surface area contributed by atoms with Crippen LogP contribution in [0, 0.1) is 0 Å². The lowest BCUT2D eigenvalue weighted by Crippen LogP contribution is -2.32. The molecule has 2 aromatic heterocycles. The molecule has 0 spiro atoms. The van der Waals surface area contributed by atoms with Crippen molar-refractivity contribution in [3.05, 3.63) is 36.7 Å². The van der Waals surface area contributed by atoms with Crippen molar-refractivity contribution in [2.24, 2.45) is 7.05 Å². The van der Waals surface area contributed by atoms with Gasteiger partial charge in [0.25, 0.3) is 0 Å². The first-order valence-electron chi connectivity index (χ1n) is 6.70. The molecule has 3 nitrogen and oxygen atoms in total. The Balaban J connectivity index is 2.31. The molecule has 0 amide bonds. The molecule has 0 N–H and O–H groups in total. The standard InChI is InChI=1S/C16H19N2O/c1-4-8-18-9-7-14-13-6-5-12(19-3)10-15(13)17(2)16(14)11-18/h5-7,9-11H,4,8H2,1-3H3/q+1. The summed E-state index contributed by atoms with van der Waals surface area (Å²) in [6.07, 6.45) is 5.54. The maximum atomic E-state index is 5.32. The Hall–Kier alpha value is -2.03. The van der Waals surface area contributed by atoms with E-state index in [0.29, 0.717) is 0 Å². The number of hydrogen-bond acceptors (Lipinski definition) is 1. The van der Waals surface area contributed by atoms with Crippen molar-refractivity contribution in [2.75, 3.05) is 7.11 Å². The third kappa shape index (κ3) is 1.86. The lowest BCUT2D eigenvalue weighted by molar-refractivity contribution is -0.695. The van der Waals surface area contributed by atoms with Crippen molar-refractivity contribution in [1.29, 1.82) is 0 Å². The van der Waals surface area contributed by atoms with Crippen LogP contribution in [0.1, 0.15) is 13.3 Å². The zero-order valence-corrected chi connectivity index (χ0v) is 11.7. The number of aromatic nitrogens is 2. The molecule has 0 atom stereocenters. The van der Waals surface area contributed by atoms with E-state index >= 15 is 0 Å². The van der Waals surface area contributed by atoms with Crippen LogP contribution in [0.5, 0.6) is 5.75 Å². The first-order chi connectivity index (χ1) is 9.24. The van der Waals surface area contributed by atoms with Gasteiger partial charge in [0.1, 0.15) is 17.8 Å². The molecule has 1 aromatic carbocycles. The maximum Gasteiger partial charge on any atom is 0.193 e. The topological polar surface area (TPSA) is 18.0 Å². The van der Waals surface area contributed by atoms with Crippen molar-refractivity contribution in [1.82, 2.24) is 4.57 Å². The second kappa shape index (κ2) is 4.57. The Morgan fingerprint density at radius 2 is 1.95 bits per heavy atom. The van der Waals surface area contributed by atoms with E-state index in [2.05, 4.69) is 53.7 Å². The second-order valence-corrected chi connectivity index (χ2v) is 4.92. The molecule has 2 heterocycles. The van der Waals surface area contributed by atoms with Crippen LogP contribution in [0.4, 0.5) is 0 Å². The number of methoxy groups -OCH3 is 1. The molecule has 3 heteroatoms. The van der Waals surface area contributed by atoms with Crippen LogP contribution in [0.25, 0.3) is 21.8 Å². The number of benzene rings is 1. The molecular formula is C16H19N2O+. The van der Waals surface area contributed by atoms with Gasteiger partial charge in [-0.1, -0.05) is 6.92 Å². The lowest BCUT2D eigenvalue weighted by atomic mass is 10.2. The van der Waals surface area contributed by atoms with Crippen LogP contribution in [0.3, 0.4) is 0 Å². The van der Waals surface area contributed by atoms with Crippen molar-refractivity contribution in [3.63, 3.8) is 0 Å². The Bertz CT molecular complexity index is 743. The van der Waals surface area contributed by atoms with Gasteiger partial charge in [-0.25, -0.2) is 4.57 Å². The summed E-state index contributed by atoms with van der Waals surface area (Å²) in [5, 5.41) is 2.58. The number of ether oxygens (including phenoxy) is 1. The van der Waals surface area contributed by atoms with Gasteiger partial charge in [0.2, 0.25) is 0 Å². The summed E-state index contributed by atoms with van der Waals surface area (Å²) in [7, 11) is 3.82. The van der Waals surface area contributed by atoms with E-state index in [1.165, 1.54) is 21.8 Å². The lowest BCUT2D eigenvalue weighted by Gasteiger charge is -2.01. The van der Waals surface area contributed by atoms with Crippen molar-refractivity contribution in [3.8, 4) is 5.75 Å². The zero-order valence-electron chi connectivity index (χ0n) is 11.7. The van der Waals surface area contributed by atoms with E-state index < -0.39 is 0 Å². The molecule has 0 saturated carbocycles. The van der Waals surface area contributed by atoms with Crippen LogP contribution in [-0.4, -0.2) is 11.7 Å². The van der Waals surface area contributed by atoms with E-state index in [-0.39, 0.29) is 0 Å². The zero-order chi connectivity index (χ0) is 13.4. The minimum Gasteiger partial charge on any atom is -0.497 e. The fourth-order valence-electron chi connectivity index (χ4n) is 2.69. The quantitative estimate of drug-likeness (QED) is 0.658. The SMILES string of the molecule is CCC[n+]1ccc2c3ccc(OC)cc3n(C)c2c1. The predicted octanol–water partition coefficient (Wildman–Crippen LogP) is 3.04. The highest BCUT2D eigenvalue weighted by Gasteiger charge is 2.12. The summed E-state index contributed by atoms with van der Waals surface area (Å²) in [4.78, 5) is 0. The normalized spacial score (nSPS) is 11.3.